The molecule has 1 N–H and O–H groups in total. The van der Waals surface area contributed by atoms with Crippen LogP contribution in [0.25, 0.3) is 27.7 Å². The fraction of sp³-hybridized carbons (Fsp3) is 0.261. The second kappa shape index (κ2) is 6.99. The van der Waals surface area contributed by atoms with Crippen LogP contribution in [0.5, 0.6) is 0 Å². The van der Waals surface area contributed by atoms with Crippen molar-refractivity contribution in [1.29, 1.82) is 0 Å². The monoisotopic (exact) mass is 376 g/mol. The van der Waals surface area contributed by atoms with Gasteiger partial charge in [-0.3, -0.25) is 4.40 Å². The Morgan fingerprint density at radius 1 is 0.926 bits per heavy atom. The van der Waals surface area contributed by atoms with E-state index < -0.39 is 0 Å². The average molecular weight is 377 g/mol. The molecule has 1 aliphatic rings. The minimum atomic E-state index is 0.760. The fourth-order valence-corrected chi connectivity index (χ4v) is 4.42. The fourth-order valence-electron chi connectivity index (χ4n) is 4.29. The number of pyridine rings is 1. The van der Waals surface area contributed by atoms with Gasteiger partial charge < -0.3 is 4.90 Å². The lowest BCUT2D eigenvalue weighted by atomic mass is 10.1. The van der Waals surface area contributed by atoms with Crippen molar-refractivity contribution < 1.29 is 4.90 Å². The lowest BCUT2D eigenvalue weighted by molar-refractivity contribution is -0.918. The van der Waals surface area contributed by atoms with Crippen LogP contribution in [0.2, 0.25) is 5.02 Å². The van der Waals surface area contributed by atoms with Crippen LogP contribution < -0.4 is 4.90 Å². The Labute approximate surface area is 164 Å². The van der Waals surface area contributed by atoms with Crippen molar-refractivity contribution in [1.82, 2.24) is 9.38 Å². The lowest BCUT2D eigenvalue weighted by Gasteiger charge is -2.23. The molecule has 136 valence electrons. The minimum Gasteiger partial charge on any atom is -0.330 e. The highest BCUT2D eigenvalue weighted by Gasteiger charge is 2.22. The predicted octanol–water partition coefficient (Wildman–Crippen LogP) is 4.38. The summed E-state index contributed by atoms with van der Waals surface area (Å²) in [6, 6.07) is 18.8. The molecule has 3 heterocycles. The summed E-state index contributed by atoms with van der Waals surface area (Å²) in [6.45, 7) is 3.51. The van der Waals surface area contributed by atoms with Gasteiger partial charge in [0, 0.05) is 22.2 Å². The smallest absolute Gasteiger partial charge is 0.145 e. The number of piperidine rings is 1. The van der Waals surface area contributed by atoms with Gasteiger partial charge >= 0.3 is 0 Å². The highest BCUT2D eigenvalue weighted by Crippen LogP contribution is 2.29. The molecule has 0 amide bonds. The highest BCUT2D eigenvalue weighted by atomic mass is 35.5. The van der Waals surface area contributed by atoms with E-state index in [0.29, 0.717) is 0 Å². The van der Waals surface area contributed by atoms with E-state index in [1.54, 1.807) is 4.90 Å². The van der Waals surface area contributed by atoms with Gasteiger partial charge in [-0.25, -0.2) is 4.98 Å². The zero-order valence-electron chi connectivity index (χ0n) is 15.3. The van der Waals surface area contributed by atoms with E-state index >= 15 is 0 Å². The first-order valence-corrected chi connectivity index (χ1v) is 10.2. The third-order valence-electron chi connectivity index (χ3n) is 5.71. The van der Waals surface area contributed by atoms with Crippen molar-refractivity contribution in [2.75, 3.05) is 13.1 Å². The summed E-state index contributed by atoms with van der Waals surface area (Å²) in [5, 5.41) is 3.20. The molecular formula is C23H23ClN3+. The molecule has 0 radical (unpaired) electrons. The third-order valence-corrected chi connectivity index (χ3v) is 5.96. The van der Waals surface area contributed by atoms with E-state index in [-0.39, 0.29) is 0 Å². The lowest BCUT2D eigenvalue weighted by Crippen LogP contribution is -3.11. The molecule has 1 fully saturated rings. The number of rotatable bonds is 3. The molecule has 0 atom stereocenters. The molecular weight excluding hydrogens is 354 g/mol. The molecule has 2 aromatic heterocycles. The van der Waals surface area contributed by atoms with Crippen LogP contribution in [-0.2, 0) is 6.54 Å². The van der Waals surface area contributed by atoms with E-state index in [0.717, 1.165) is 28.5 Å². The van der Waals surface area contributed by atoms with E-state index in [1.165, 1.54) is 48.8 Å². The van der Waals surface area contributed by atoms with Gasteiger partial charge in [0.2, 0.25) is 0 Å². The molecule has 0 spiro atoms. The van der Waals surface area contributed by atoms with Crippen LogP contribution >= 0.6 is 11.6 Å². The number of benzene rings is 2. The molecule has 1 aliphatic heterocycles. The van der Waals surface area contributed by atoms with E-state index in [4.69, 9.17) is 16.6 Å². The van der Waals surface area contributed by atoms with E-state index in [9.17, 15) is 0 Å². The second-order valence-corrected chi connectivity index (χ2v) is 7.93. The number of aromatic nitrogens is 2. The molecule has 0 saturated carbocycles. The Hall–Kier alpha value is -2.36. The number of quaternary nitrogens is 1. The van der Waals surface area contributed by atoms with Crippen LogP contribution in [-0.4, -0.2) is 22.5 Å². The van der Waals surface area contributed by atoms with Crippen molar-refractivity contribution in [3.63, 3.8) is 0 Å². The summed E-state index contributed by atoms with van der Waals surface area (Å²) in [6.07, 6.45) is 6.20. The molecule has 27 heavy (non-hydrogen) atoms. The van der Waals surface area contributed by atoms with E-state index in [2.05, 4.69) is 53.1 Å². The zero-order chi connectivity index (χ0) is 18.2. The number of likely N-dealkylation sites (tertiary alicyclic amines) is 1. The SMILES string of the molecule is Clc1ccc(-c2nc3c4ccccc4ccn3c2C[NH+]2CCCCC2)cc1. The standard InChI is InChI=1S/C23H22ClN3/c24-19-10-8-18(9-11-19)22-21(16-26-13-4-1-5-14-26)27-15-12-17-6-2-3-7-20(17)23(27)25-22/h2-3,6-12,15H,1,4-5,13-14,16H2/p+1. The summed E-state index contributed by atoms with van der Waals surface area (Å²) < 4.78 is 2.30. The number of nitrogens with zero attached hydrogens (tertiary/aromatic N) is 2. The van der Waals surface area contributed by atoms with Gasteiger partial charge in [-0.2, -0.15) is 0 Å². The topological polar surface area (TPSA) is 21.7 Å². The second-order valence-electron chi connectivity index (χ2n) is 7.50. The predicted molar refractivity (Wildman–Crippen MR) is 111 cm³/mol. The molecule has 0 unspecified atom stereocenters. The van der Waals surface area contributed by atoms with Crippen molar-refractivity contribution in [3.05, 3.63) is 71.5 Å². The van der Waals surface area contributed by atoms with Crippen molar-refractivity contribution >= 4 is 28.0 Å². The summed E-state index contributed by atoms with van der Waals surface area (Å²) in [5.41, 5.74) is 4.57. The average Bonchev–Trinajstić information content (AvgIpc) is 3.08. The van der Waals surface area contributed by atoms with Gasteiger partial charge in [-0.05, 0) is 42.8 Å². The Morgan fingerprint density at radius 3 is 2.52 bits per heavy atom. The van der Waals surface area contributed by atoms with Crippen LogP contribution in [0.3, 0.4) is 0 Å². The summed E-state index contributed by atoms with van der Waals surface area (Å²) in [4.78, 5) is 6.77. The van der Waals surface area contributed by atoms with Crippen LogP contribution in [0.4, 0.5) is 0 Å². The molecule has 3 nitrogen and oxygen atoms in total. The number of imidazole rings is 1. The van der Waals surface area contributed by atoms with Crippen molar-refractivity contribution in [2.45, 2.75) is 25.8 Å². The number of fused-ring (bicyclic) bond motifs is 3. The van der Waals surface area contributed by atoms with Gasteiger partial charge in [0.05, 0.1) is 18.8 Å². The quantitative estimate of drug-likeness (QED) is 0.563. The van der Waals surface area contributed by atoms with Crippen molar-refractivity contribution in [3.8, 4) is 11.3 Å². The maximum Gasteiger partial charge on any atom is 0.145 e. The molecule has 4 aromatic rings. The first-order chi connectivity index (χ1) is 13.3. The Bertz CT molecular complexity index is 1090. The molecule has 4 heteroatoms. The maximum atomic E-state index is 6.12. The van der Waals surface area contributed by atoms with Gasteiger partial charge in [-0.15, -0.1) is 0 Å². The number of nitrogens with one attached hydrogen (secondary N) is 1. The molecule has 0 aliphatic carbocycles. The Kier molecular flexibility index (Phi) is 4.35. The molecule has 2 aromatic carbocycles. The summed E-state index contributed by atoms with van der Waals surface area (Å²) >= 11 is 6.12. The summed E-state index contributed by atoms with van der Waals surface area (Å²) in [7, 11) is 0. The molecule has 0 bridgehead atoms. The Balaban J connectivity index is 1.71. The number of hydrogen-bond acceptors (Lipinski definition) is 1. The summed E-state index contributed by atoms with van der Waals surface area (Å²) in [5.74, 6) is 0. The van der Waals surface area contributed by atoms with Crippen molar-refractivity contribution in [2.24, 2.45) is 0 Å². The largest absolute Gasteiger partial charge is 0.330 e. The molecule has 1 saturated heterocycles. The van der Waals surface area contributed by atoms with Gasteiger partial charge in [-0.1, -0.05) is 48.0 Å². The minimum absolute atomic E-state index is 0.760. The number of halogens is 1. The third kappa shape index (κ3) is 3.11. The first-order valence-electron chi connectivity index (χ1n) is 9.78. The van der Waals surface area contributed by atoms with Gasteiger partial charge in [0.15, 0.2) is 0 Å². The highest BCUT2D eigenvalue weighted by molar-refractivity contribution is 6.30. The van der Waals surface area contributed by atoms with Gasteiger partial charge in [0.1, 0.15) is 17.9 Å². The zero-order valence-corrected chi connectivity index (χ0v) is 16.0. The van der Waals surface area contributed by atoms with E-state index in [1.807, 2.05) is 12.1 Å². The number of hydrogen-bond donors (Lipinski definition) is 1. The maximum absolute atomic E-state index is 6.12. The van der Waals surface area contributed by atoms with Gasteiger partial charge in [0.25, 0.3) is 0 Å². The van der Waals surface area contributed by atoms with Crippen LogP contribution in [0.1, 0.15) is 25.0 Å². The Morgan fingerprint density at radius 2 is 1.70 bits per heavy atom. The normalized spacial score (nSPS) is 15.6. The van der Waals surface area contributed by atoms with Crippen LogP contribution in [0, 0.1) is 0 Å². The van der Waals surface area contributed by atoms with Crippen LogP contribution in [0.15, 0.2) is 60.8 Å². The molecule has 5 rings (SSSR count). The first kappa shape index (κ1) is 16.8.